The summed E-state index contributed by atoms with van der Waals surface area (Å²) in [5, 5.41) is 8.81. The van der Waals surface area contributed by atoms with Gasteiger partial charge in [0.05, 0.1) is 15.9 Å². The molecule has 0 fully saturated rings. The highest BCUT2D eigenvalue weighted by Crippen LogP contribution is 2.29. The second-order valence-electron chi connectivity index (χ2n) is 4.35. The highest BCUT2D eigenvalue weighted by Gasteiger charge is 2.18. The maximum absolute atomic E-state index is 14.3. The first-order chi connectivity index (χ1) is 10.2. The smallest absolute Gasteiger partial charge is 0.171 e. The third kappa shape index (κ3) is 2.59. The first-order valence-corrected chi connectivity index (χ1v) is 7.72. The fraction of sp³-hybridized carbons (Fsp3) is 0.0667. The fourth-order valence-corrected chi connectivity index (χ4v) is 2.64. The van der Waals surface area contributed by atoms with Crippen LogP contribution in [0.3, 0.4) is 0 Å². The Morgan fingerprint density at radius 3 is 2.52 bits per heavy atom. The summed E-state index contributed by atoms with van der Waals surface area (Å²) < 4.78 is 16.1. The van der Waals surface area contributed by atoms with E-state index in [0.29, 0.717) is 22.5 Å². The molecule has 0 aliphatic rings. The average Bonchev–Trinajstić information content (AvgIpc) is 2.94. The molecule has 2 aromatic carbocycles. The molecule has 0 atom stereocenters. The number of halogens is 3. The summed E-state index contributed by atoms with van der Waals surface area (Å²) >= 11 is 9.24. The minimum Gasteiger partial charge on any atom is -0.278 e. The molecule has 3 nitrogen and oxygen atoms in total. The van der Waals surface area contributed by atoms with Crippen LogP contribution in [0.1, 0.15) is 5.82 Å². The first-order valence-electron chi connectivity index (χ1n) is 6.22. The van der Waals surface area contributed by atoms with Crippen LogP contribution in [0.4, 0.5) is 4.39 Å². The molecule has 1 aromatic heterocycles. The van der Waals surface area contributed by atoms with Gasteiger partial charge in [-0.05, 0) is 24.3 Å². The number of para-hydroxylation sites is 1. The zero-order valence-electron chi connectivity index (χ0n) is 10.8. The van der Waals surface area contributed by atoms with E-state index < -0.39 is 5.82 Å². The molecular weight excluding hydrogens is 357 g/mol. The van der Waals surface area contributed by atoms with E-state index in [9.17, 15) is 4.39 Å². The lowest BCUT2D eigenvalue weighted by Gasteiger charge is -2.10. The van der Waals surface area contributed by atoms with E-state index in [2.05, 4.69) is 26.1 Å². The molecule has 106 valence electrons. The largest absolute Gasteiger partial charge is 0.278 e. The number of hydrogen-bond acceptors (Lipinski definition) is 2. The number of nitrogens with zero attached hydrogens (tertiary/aromatic N) is 3. The molecule has 6 heteroatoms. The summed E-state index contributed by atoms with van der Waals surface area (Å²) in [5.41, 5.74) is 1.19. The Hall–Kier alpha value is -1.72. The SMILES string of the molecule is Fc1c(Cl)cccc1-c1nnc(CBr)n1-c1ccccc1. The Labute approximate surface area is 134 Å². The second-order valence-corrected chi connectivity index (χ2v) is 5.31. The summed E-state index contributed by atoms with van der Waals surface area (Å²) in [6, 6.07) is 14.4. The lowest BCUT2D eigenvalue weighted by molar-refractivity contribution is 0.630. The lowest BCUT2D eigenvalue weighted by Crippen LogP contribution is -2.02. The van der Waals surface area contributed by atoms with Crippen molar-refractivity contribution < 1.29 is 4.39 Å². The van der Waals surface area contributed by atoms with Crippen LogP contribution >= 0.6 is 27.5 Å². The van der Waals surface area contributed by atoms with Gasteiger partial charge in [0.1, 0.15) is 5.82 Å². The quantitative estimate of drug-likeness (QED) is 0.633. The molecule has 0 unspecified atom stereocenters. The minimum absolute atomic E-state index is 0.0653. The van der Waals surface area contributed by atoms with Gasteiger partial charge in [0.2, 0.25) is 0 Å². The van der Waals surface area contributed by atoms with E-state index in [1.165, 1.54) is 6.07 Å². The van der Waals surface area contributed by atoms with Gasteiger partial charge in [-0.2, -0.15) is 0 Å². The molecule has 21 heavy (non-hydrogen) atoms. The van der Waals surface area contributed by atoms with Gasteiger partial charge in [-0.25, -0.2) is 4.39 Å². The van der Waals surface area contributed by atoms with Crippen molar-refractivity contribution in [3.05, 3.63) is 65.2 Å². The van der Waals surface area contributed by atoms with Crippen LogP contribution in [-0.2, 0) is 5.33 Å². The molecule has 0 radical (unpaired) electrons. The van der Waals surface area contributed by atoms with Crippen molar-refractivity contribution in [3.63, 3.8) is 0 Å². The van der Waals surface area contributed by atoms with E-state index in [4.69, 9.17) is 11.6 Å². The Balaban J connectivity index is 2.25. The zero-order valence-corrected chi connectivity index (χ0v) is 13.1. The third-order valence-corrected chi connectivity index (χ3v) is 3.85. The monoisotopic (exact) mass is 365 g/mol. The van der Waals surface area contributed by atoms with Crippen molar-refractivity contribution in [2.75, 3.05) is 0 Å². The van der Waals surface area contributed by atoms with Crippen LogP contribution in [0.25, 0.3) is 17.1 Å². The predicted molar refractivity (Wildman–Crippen MR) is 84.4 cm³/mol. The summed E-state index contributed by atoms with van der Waals surface area (Å²) in [7, 11) is 0. The van der Waals surface area contributed by atoms with Crippen LogP contribution in [0, 0.1) is 5.82 Å². The lowest BCUT2D eigenvalue weighted by atomic mass is 10.2. The molecule has 0 aliphatic carbocycles. The second kappa shape index (κ2) is 5.95. The predicted octanol–water partition coefficient (Wildman–Crippen LogP) is 4.62. The van der Waals surface area contributed by atoms with Crippen molar-refractivity contribution in [1.82, 2.24) is 14.8 Å². The Bertz CT molecular complexity index is 774. The van der Waals surface area contributed by atoms with E-state index in [1.807, 2.05) is 34.9 Å². The highest BCUT2D eigenvalue weighted by molar-refractivity contribution is 9.08. The molecule has 0 bridgehead atoms. The maximum Gasteiger partial charge on any atom is 0.171 e. The van der Waals surface area contributed by atoms with Gasteiger partial charge in [-0.1, -0.05) is 51.8 Å². The Kier molecular flexibility index (Phi) is 4.03. The zero-order chi connectivity index (χ0) is 14.8. The van der Waals surface area contributed by atoms with Gasteiger partial charge in [0.15, 0.2) is 11.6 Å². The van der Waals surface area contributed by atoms with Gasteiger partial charge in [0, 0.05) is 5.69 Å². The molecule has 1 heterocycles. The molecule has 0 aliphatic heterocycles. The number of alkyl halides is 1. The van der Waals surface area contributed by atoms with Crippen LogP contribution in [0.15, 0.2) is 48.5 Å². The van der Waals surface area contributed by atoms with Gasteiger partial charge in [0.25, 0.3) is 0 Å². The van der Waals surface area contributed by atoms with Crippen molar-refractivity contribution >= 4 is 27.5 Å². The average molecular weight is 367 g/mol. The summed E-state index contributed by atoms with van der Waals surface area (Å²) in [6.07, 6.45) is 0. The number of rotatable bonds is 3. The molecule has 0 N–H and O–H groups in total. The van der Waals surface area contributed by atoms with E-state index in [0.717, 1.165) is 5.69 Å². The van der Waals surface area contributed by atoms with Crippen molar-refractivity contribution in [2.24, 2.45) is 0 Å². The maximum atomic E-state index is 14.3. The van der Waals surface area contributed by atoms with E-state index >= 15 is 0 Å². The standard InChI is InChI=1S/C15H10BrClFN3/c16-9-13-19-20-15(11-7-4-8-12(17)14(11)18)21(13)10-5-2-1-3-6-10/h1-8H,9H2. The Morgan fingerprint density at radius 2 is 1.81 bits per heavy atom. The summed E-state index contributed by atoms with van der Waals surface area (Å²) in [5.74, 6) is 0.621. The van der Waals surface area contributed by atoms with Crippen LogP contribution in [-0.4, -0.2) is 14.8 Å². The minimum atomic E-state index is -0.495. The highest BCUT2D eigenvalue weighted by atomic mass is 79.9. The number of aromatic nitrogens is 3. The molecular formula is C15H10BrClFN3. The molecule has 0 spiro atoms. The number of benzene rings is 2. The van der Waals surface area contributed by atoms with Gasteiger partial charge >= 0.3 is 0 Å². The van der Waals surface area contributed by atoms with Crippen LogP contribution in [0.5, 0.6) is 0 Å². The topological polar surface area (TPSA) is 30.7 Å². The molecule has 0 saturated carbocycles. The molecule has 0 saturated heterocycles. The van der Waals surface area contributed by atoms with Gasteiger partial charge < -0.3 is 0 Å². The normalized spacial score (nSPS) is 10.8. The Morgan fingerprint density at radius 1 is 1.05 bits per heavy atom. The van der Waals surface area contributed by atoms with Crippen molar-refractivity contribution in [1.29, 1.82) is 0 Å². The van der Waals surface area contributed by atoms with E-state index in [-0.39, 0.29) is 5.02 Å². The first kappa shape index (κ1) is 14.2. The molecule has 3 aromatic rings. The van der Waals surface area contributed by atoms with Crippen molar-refractivity contribution in [2.45, 2.75) is 5.33 Å². The van der Waals surface area contributed by atoms with Gasteiger partial charge in [-0.3, -0.25) is 4.57 Å². The fourth-order valence-electron chi connectivity index (χ4n) is 2.10. The van der Waals surface area contributed by atoms with Crippen LogP contribution in [0.2, 0.25) is 5.02 Å². The third-order valence-electron chi connectivity index (χ3n) is 3.06. The van der Waals surface area contributed by atoms with Crippen LogP contribution < -0.4 is 0 Å². The van der Waals surface area contributed by atoms with Gasteiger partial charge in [-0.15, -0.1) is 10.2 Å². The van der Waals surface area contributed by atoms with E-state index in [1.54, 1.807) is 12.1 Å². The van der Waals surface area contributed by atoms with Crippen molar-refractivity contribution in [3.8, 4) is 17.1 Å². The summed E-state index contributed by atoms with van der Waals surface area (Å²) in [4.78, 5) is 0. The summed E-state index contributed by atoms with van der Waals surface area (Å²) in [6.45, 7) is 0. The molecule has 3 rings (SSSR count). The molecule has 0 amide bonds. The number of hydrogen-bond donors (Lipinski definition) is 0.